The summed E-state index contributed by atoms with van der Waals surface area (Å²) in [6.45, 7) is 2.36. The molecule has 0 spiro atoms. The van der Waals surface area contributed by atoms with Crippen LogP contribution in [0.1, 0.15) is 51.4 Å². The molecule has 0 aromatic carbocycles. The van der Waals surface area contributed by atoms with Crippen LogP contribution in [0.4, 0.5) is 0 Å². The van der Waals surface area contributed by atoms with Crippen molar-refractivity contribution in [3.05, 3.63) is 0 Å². The van der Waals surface area contributed by atoms with Crippen LogP contribution in [0, 0.1) is 5.92 Å². The first-order valence-electron chi connectivity index (χ1n) is 6.22. The number of nitrogens with one attached hydrogen (secondary N) is 1. The van der Waals surface area contributed by atoms with Crippen LogP contribution in [0.25, 0.3) is 0 Å². The second-order valence-corrected chi connectivity index (χ2v) is 5.18. The fourth-order valence-electron chi connectivity index (χ4n) is 2.89. The smallest absolute Gasteiger partial charge is 0.0648 e. The minimum atomic E-state index is -0.291. The van der Waals surface area contributed by atoms with Gasteiger partial charge in [0.2, 0.25) is 0 Å². The summed E-state index contributed by atoms with van der Waals surface area (Å²) in [7, 11) is 0. The molecule has 1 aliphatic heterocycles. The molecular formula is C12H23NO. The molecule has 1 aliphatic carbocycles. The lowest BCUT2D eigenvalue weighted by molar-refractivity contribution is -0.00837. The third kappa shape index (κ3) is 2.71. The van der Waals surface area contributed by atoms with Gasteiger partial charge in [-0.2, -0.15) is 0 Å². The zero-order valence-corrected chi connectivity index (χ0v) is 9.10. The van der Waals surface area contributed by atoms with E-state index >= 15 is 0 Å². The Morgan fingerprint density at radius 2 is 2.00 bits per heavy atom. The molecule has 2 aliphatic rings. The average Bonchev–Trinajstić information content (AvgIpc) is 2.69. The largest absolute Gasteiger partial charge is 0.390 e. The van der Waals surface area contributed by atoms with Crippen LogP contribution in [-0.2, 0) is 0 Å². The minimum absolute atomic E-state index is 0.291. The van der Waals surface area contributed by atoms with Crippen molar-refractivity contribution in [2.75, 3.05) is 13.1 Å². The molecule has 1 heterocycles. The fourth-order valence-corrected chi connectivity index (χ4v) is 2.89. The topological polar surface area (TPSA) is 32.3 Å². The highest BCUT2D eigenvalue weighted by Crippen LogP contribution is 2.33. The Bertz CT molecular complexity index is 169. The summed E-state index contributed by atoms with van der Waals surface area (Å²) < 4.78 is 0. The van der Waals surface area contributed by atoms with Gasteiger partial charge in [0.1, 0.15) is 0 Å². The monoisotopic (exact) mass is 197 g/mol. The highest BCUT2D eigenvalue weighted by Gasteiger charge is 2.29. The first-order valence-corrected chi connectivity index (χ1v) is 6.22. The van der Waals surface area contributed by atoms with Gasteiger partial charge < -0.3 is 10.4 Å². The molecule has 1 saturated carbocycles. The van der Waals surface area contributed by atoms with Gasteiger partial charge in [-0.3, -0.25) is 0 Å². The van der Waals surface area contributed by atoms with E-state index in [-0.39, 0.29) is 5.60 Å². The van der Waals surface area contributed by atoms with E-state index in [2.05, 4.69) is 5.32 Å². The predicted octanol–water partition coefficient (Wildman–Crippen LogP) is 2.07. The summed E-state index contributed by atoms with van der Waals surface area (Å²) in [5, 5.41) is 13.7. The van der Waals surface area contributed by atoms with Crippen molar-refractivity contribution >= 4 is 0 Å². The standard InChI is InChI=1S/C12H23NO/c14-12(6-2-1-3-7-12)8-4-11-5-9-13-10-11/h11,13-14H,1-10H2. The van der Waals surface area contributed by atoms with E-state index in [0.29, 0.717) is 0 Å². The van der Waals surface area contributed by atoms with Crippen LogP contribution in [-0.4, -0.2) is 23.8 Å². The fraction of sp³-hybridized carbons (Fsp3) is 1.00. The SMILES string of the molecule is OC1(CCC2CCNC2)CCCCC1. The summed E-state index contributed by atoms with van der Waals surface area (Å²) in [4.78, 5) is 0. The highest BCUT2D eigenvalue weighted by atomic mass is 16.3. The average molecular weight is 197 g/mol. The van der Waals surface area contributed by atoms with Crippen molar-refractivity contribution in [3.8, 4) is 0 Å². The highest BCUT2D eigenvalue weighted by molar-refractivity contribution is 4.84. The summed E-state index contributed by atoms with van der Waals surface area (Å²) in [5.41, 5.74) is -0.291. The Kier molecular flexibility index (Phi) is 3.45. The maximum atomic E-state index is 10.3. The van der Waals surface area contributed by atoms with Gasteiger partial charge in [-0.1, -0.05) is 19.3 Å². The number of hydrogen-bond acceptors (Lipinski definition) is 2. The zero-order chi connectivity index (χ0) is 9.86. The Balaban J connectivity index is 1.72. The molecule has 2 rings (SSSR count). The van der Waals surface area contributed by atoms with Crippen molar-refractivity contribution in [1.82, 2.24) is 5.32 Å². The van der Waals surface area contributed by atoms with Gasteiger partial charge in [-0.05, 0) is 51.1 Å². The molecule has 2 heteroatoms. The van der Waals surface area contributed by atoms with E-state index in [0.717, 1.165) is 25.2 Å². The third-order valence-electron chi connectivity index (χ3n) is 3.96. The third-order valence-corrected chi connectivity index (χ3v) is 3.96. The van der Waals surface area contributed by atoms with Crippen molar-refractivity contribution in [2.24, 2.45) is 5.92 Å². The van der Waals surface area contributed by atoms with Crippen LogP contribution in [0.3, 0.4) is 0 Å². The van der Waals surface area contributed by atoms with Crippen molar-refractivity contribution < 1.29 is 5.11 Å². The molecule has 82 valence electrons. The molecule has 14 heavy (non-hydrogen) atoms. The van der Waals surface area contributed by atoms with Gasteiger partial charge in [0.25, 0.3) is 0 Å². The van der Waals surface area contributed by atoms with Gasteiger partial charge in [-0.15, -0.1) is 0 Å². The number of rotatable bonds is 3. The van der Waals surface area contributed by atoms with Crippen LogP contribution < -0.4 is 5.32 Å². The van der Waals surface area contributed by atoms with E-state index in [1.807, 2.05) is 0 Å². The minimum Gasteiger partial charge on any atom is -0.390 e. The van der Waals surface area contributed by atoms with Gasteiger partial charge in [0.05, 0.1) is 5.60 Å². The quantitative estimate of drug-likeness (QED) is 0.726. The van der Waals surface area contributed by atoms with Gasteiger partial charge in [0, 0.05) is 0 Å². The van der Waals surface area contributed by atoms with Gasteiger partial charge in [0.15, 0.2) is 0 Å². The molecule has 2 N–H and O–H groups in total. The first kappa shape index (κ1) is 10.4. The maximum Gasteiger partial charge on any atom is 0.0648 e. The molecule has 2 fully saturated rings. The molecule has 0 aromatic rings. The summed E-state index contributed by atoms with van der Waals surface area (Å²) in [6, 6.07) is 0. The molecule has 1 saturated heterocycles. The van der Waals surface area contributed by atoms with Crippen LogP contribution in [0.5, 0.6) is 0 Å². The van der Waals surface area contributed by atoms with Gasteiger partial charge in [-0.25, -0.2) is 0 Å². The molecule has 0 radical (unpaired) electrons. The predicted molar refractivity (Wildman–Crippen MR) is 58.2 cm³/mol. The van der Waals surface area contributed by atoms with Crippen molar-refractivity contribution in [1.29, 1.82) is 0 Å². The molecule has 0 bridgehead atoms. The lowest BCUT2D eigenvalue weighted by atomic mass is 9.80. The van der Waals surface area contributed by atoms with Crippen LogP contribution in [0.15, 0.2) is 0 Å². The molecule has 0 amide bonds. The van der Waals surface area contributed by atoms with Crippen LogP contribution in [0.2, 0.25) is 0 Å². The first-order chi connectivity index (χ1) is 6.79. The van der Waals surface area contributed by atoms with E-state index in [1.54, 1.807) is 0 Å². The van der Waals surface area contributed by atoms with Crippen LogP contribution >= 0.6 is 0 Å². The van der Waals surface area contributed by atoms with Crippen molar-refractivity contribution in [2.45, 2.75) is 57.0 Å². The molecule has 1 unspecified atom stereocenters. The Morgan fingerprint density at radius 3 is 2.64 bits per heavy atom. The Labute approximate surface area is 87.1 Å². The Morgan fingerprint density at radius 1 is 1.21 bits per heavy atom. The zero-order valence-electron chi connectivity index (χ0n) is 9.10. The maximum absolute atomic E-state index is 10.3. The summed E-state index contributed by atoms with van der Waals surface area (Å²) in [5.74, 6) is 0.834. The molecular weight excluding hydrogens is 174 g/mol. The molecule has 1 atom stereocenters. The summed E-state index contributed by atoms with van der Waals surface area (Å²) in [6.07, 6.45) is 9.48. The van der Waals surface area contributed by atoms with E-state index in [4.69, 9.17) is 0 Å². The second-order valence-electron chi connectivity index (χ2n) is 5.18. The lowest BCUT2D eigenvalue weighted by Crippen LogP contribution is -2.31. The normalized spacial score (nSPS) is 31.9. The van der Waals surface area contributed by atoms with Gasteiger partial charge >= 0.3 is 0 Å². The van der Waals surface area contributed by atoms with E-state index < -0.39 is 0 Å². The van der Waals surface area contributed by atoms with E-state index in [9.17, 15) is 5.11 Å². The summed E-state index contributed by atoms with van der Waals surface area (Å²) >= 11 is 0. The van der Waals surface area contributed by atoms with Crippen molar-refractivity contribution in [3.63, 3.8) is 0 Å². The lowest BCUT2D eigenvalue weighted by Gasteiger charge is -2.32. The second kappa shape index (κ2) is 4.63. The van der Waals surface area contributed by atoms with E-state index in [1.165, 1.54) is 45.2 Å². The molecule has 2 nitrogen and oxygen atoms in total. The molecule has 0 aromatic heterocycles. The number of aliphatic hydroxyl groups is 1. The Hall–Kier alpha value is -0.0800. The number of hydrogen-bond donors (Lipinski definition) is 2.